The van der Waals surface area contributed by atoms with Gasteiger partial charge in [-0.2, -0.15) is 5.10 Å². The fourth-order valence-electron chi connectivity index (χ4n) is 2.10. The molecule has 0 unspecified atom stereocenters. The van der Waals surface area contributed by atoms with Gasteiger partial charge in [-0.25, -0.2) is 0 Å². The Morgan fingerprint density at radius 3 is 2.88 bits per heavy atom. The molecule has 1 aliphatic rings. The molecule has 0 radical (unpaired) electrons. The molecule has 1 fully saturated rings. The van der Waals surface area contributed by atoms with Crippen LogP contribution in [0.25, 0.3) is 0 Å². The maximum absolute atomic E-state index is 5.30. The van der Waals surface area contributed by atoms with Crippen molar-refractivity contribution in [1.82, 2.24) is 14.7 Å². The third-order valence-corrected chi connectivity index (χ3v) is 2.98. The van der Waals surface area contributed by atoms with E-state index in [0.717, 1.165) is 38.2 Å². The zero-order valence-electron chi connectivity index (χ0n) is 9.69. The van der Waals surface area contributed by atoms with Crippen molar-refractivity contribution in [1.29, 1.82) is 0 Å². The maximum Gasteiger partial charge on any atom is 0.0728 e. The normalized spacial score (nSPS) is 18.2. The first-order chi connectivity index (χ1) is 7.78. The molecule has 0 saturated carbocycles. The van der Waals surface area contributed by atoms with Gasteiger partial charge in [0, 0.05) is 32.4 Å². The molecule has 0 aliphatic carbocycles. The largest absolute Gasteiger partial charge is 0.380 e. The lowest BCUT2D eigenvalue weighted by Crippen LogP contribution is -2.39. The molecule has 16 heavy (non-hydrogen) atoms. The van der Waals surface area contributed by atoms with Crippen LogP contribution in [-0.4, -0.2) is 40.4 Å². The predicted octanol–water partition coefficient (Wildman–Crippen LogP) is 0.930. The van der Waals surface area contributed by atoms with Crippen LogP contribution in [0.4, 0.5) is 5.69 Å². The molecule has 1 aliphatic heterocycles. The van der Waals surface area contributed by atoms with E-state index in [1.54, 1.807) is 0 Å². The van der Waals surface area contributed by atoms with Crippen LogP contribution in [0.2, 0.25) is 0 Å². The van der Waals surface area contributed by atoms with Gasteiger partial charge in [0.2, 0.25) is 0 Å². The molecule has 0 amide bonds. The lowest BCUT2D eigenvalue weighted by Gasteiger charge is -2.31. The van der Waals surface area contributed by atoms with Crippen LogP contribution in [0.5, 0.6) is 0 Å². The lowest BCUT2D eigenvalue weighted by atomic mass is 10.1. The summed E-state index contributed by atoms with van der Waals surface area (Å²) in [5.74, 6) is 2.70. The van der Waals surface area contributed by atoms with E-state index in [2.05, 4.69) is 21.2 Å². The maximum atomic E-state index is 5.30. The summed E-state index contributed by atoms with van der Waals surface area (Å²) in [5.41, 5.74) is 1.11. The minimum atomic E-state index is 0.554. The molecule has 1 saturated heterocycles. The van der Waals surface area contributed by atoms with Crippen molar-refractivity contribution in [3.05, 3.63) is 12.4 Å². The third kappa shape index (κ3) is 2.77. The van der Waals surface area contributed by atoms with Crippen molar-refractivity contribution in [2.24, 2.45) is 7.05 Å². The second-order valence-corrected chi connectivity index (χ2v) is 4.30. The van der Waals surface area contributed by atoms with E-state index in [4.69, 9.17) is 6.42 Å². The minimum Gasteiger partial charge on any atom is -0.380 e. The summed E-state index contributed by atoms with van der Waals surface area (Å²) < 4.78 is 1.82. The van der Waals surface area contributed by atoms with Gasteiger partial charge in [-0.05, 0) is 12.8 Å². The van der Waals surface area contributed by atoms with Crippen LogP contribution in [0.3, 0.4) is 0 Å². The molecule has 86 valence electrons. The summed E-state index contributed by atoms with van der Waals surface area (Å²) in [6.07, 6.45) is 11.5. The number of aryl methyl sites for hydroxylation is 1. The highest BCUT2D eigenvalue weighted by Gasteiger charge is 2.18. The van der Waals surface area contributed by atoms with Gasteiger partial charge >= 0.3 is 0 Å². The van der Waals surface area contributed by atoms with Crippen molar-refractivity contribution in [3.63, 3.8) is 0 Å². The van der Waals surface area contributed by atoms with Gasteiger partial charge in [-0.1, -0.05) is 5.92 Å². The number of nitrogens with zero attached hydrogens (tertiary/aromatic N) is 3. The molecule has 4 heteroatoms. The second kappa shape index (κ2) is 5.04. The lowest BCUT2D eigenvalue weighted by molar-refractivity contribution is 0.243. The smallest absolute Gasteiger partial charge is 0.0728 e. The van der Waals surface area contributed by atoms with E-state index in [1.807, 2.05) is 24.1 Å². The number of piperidine rings is 1. The number of hydrogen-bond donors (Lipinski definition) is 1. The molecule has 0 atom stereocenters. The summed E-state index contributed by atoms with van der Waals surface area (Å²) in [5, 5.41) is 7.65. The van der Waals surface area contributed by atoms with Crippen LogP contribution in [0.1, 0.15) is 12.8 Å². The zero-order chi connectivity index (χ0) is 11.4. The Labute approximate surface area is 96.6 Å². The zero-order valence-corrected chi connectivity index (χ0v) is 9.69. The number of rotatable bonds is 3. The fourth-order valence-corrected chi connectivity index (χ4v) is 2.10. The fraction of sp³-hybridized carbons (Fsp3) is 0.583. The number of anilines is 1. The molecule has 4 nitrogen and oxygen atoms in total. The van der Waals surface area contributed by atoms with Crippen LogP contribution in [0.15, 0.2) is 12.4 Å². The summed E-state index contributed by atoms with van der Waals surface area (Å²) in [7, 11) is 1.93. The highest BCUT2D eigenvalue weighted by Crippen LogP contribution is 2.15. The van der Waals surface area contributed by atoms with Crippen LogP contribution < -0.4 is 5.32 Å². The van der Waals surface area contributed by atoms with Crippen LogP contribution in [0, 0.1) is 12.3 Å². The molecule has 0 spiro atoms. The average Bonchev–Trinajstić information content (AvgIpc) is 2.67. The molecule has 1 N–H and O–H groups in total. The number of terminal acetylenes is 1. The molecule has 0 bridgehead atoms. The van der Waals surface area contributed by atoms with Gasteiger partial charge in [-0.3, -0.25) is 9.58 Å². The number of hydrogen-bond acceptors (Lipinski definition) is 3. The van der Waals surface area contributed by atoms with E-state index >= 15 is 0 Å². The molecule has 0 aromatic carbocycles. The number of aromatic nitrogens is 2. The molecule has 2 heterocycles. The first-order valence-electron chi connectivity index (χ1n) is 5.69. The Balaban J connectivity index is 1.79. The van der Waals surface area contributed by atoms with Gasteiger partial charge in [0.05, 0.1) is 18.4 Å². The standard InChI is InChI=1S/C12H18N4/c1-3-6-16-7-4-11(5-8-16)14-12-9-13-15(2)10-12/h1,9-11,14H,4-8H2,2H3. The second-order valence-electron chi connectivity index (χ2n) is 4.30. The van der Waals surface area contributed by atoms with Crippen molar-refractivity contribution in [2.75, 3.05) is 25.0 Å². The quantitative estimate of drug-likeness (QED) is 0.766. The van der Waals surface area contributed by atoms with Gasteiger partial charge in [0.25, 0.3) is 0 Å². The van der Waals surface area contributed by atoms with Gasteiger partial charge in [-0.15, -0.1) is 6.42 Å². The summed E-state index contributed by atoms with van der Waals surface area (Å²) in [4.78, 5) is 2.32. The average molecular weight is 218 g/mol. The molecular formula is C12H18N4. The Bertz CT molecular complexity index is 369. The SMILES string of the molecule is C#CCN1CCC(Nc2cnn(C)c2)CC1. The Morgan fingerprint density at radius 1 is 1.56 bits per heavy atom. The van der Waals surface area contributed by atoms with Gasteiger partial charge < -0.3 is 5.32 Å². The van der Waals surface area contributed by atoms with E-state index in [0.29, 0.717) is 6.04 Å². The highest BCUT2D eigenvalue weighted by molar-refractivity contribution is 5.39. The summed E-state index contributed by atoms with van der Waals surface area (Å²) in [6.45, 7) is 2.95. The van der Waals surface area contributed by atoms with Gasteiger partial charge in [0.15, 0.2) is 0 Å². The molecule has 2 rings (SSSR count). The third-order valence-electron chi connectivity index (χ3n) is 2.98. The van der Waals surface area contributed by atoms with Crippen molar-refractivity contribution in [3.8, 4) is 12.3 Å². The molecule has 1 aromatic heterocycles. The first-order valence-corrected chi connectivity index (χ1v) is 5.69. The minimum absolute atomic E-state index is 0.554. The van der Waals surface area contributed by atoms with Crippen molar-refractivity contribution >= 4 is 5.69 Å². The Hall–Kier alpha value is -1.47. The predicted molar refractivity (Wildman–Crippen MR) is 65.1 cm³/mol. The van der Waals surface area contributed by atoms with Gasteiger partial charge in [0.1, 0.15) is 0 Å². The van der Waals surface area contributed by atoms with Crippen LogP contribution in [-0.2, 0) is 7.05 Å². The summed E-state index contributed by atoms with van der Waals surface area (Å²) in [6, 6.07) is 0.554. The van der Waals surface area contributed by atoms with E-state index < -0.39 is 0 Å². The number of nitrogens with one attached hydrogen (secondary N) is 1. The van der Waals surface area contributed by atoms with Crippen LogP contribution >= 0.6 is 0 Å². The topological polar surface area (TPSA) is 33.1 Å². The Morgan fingerprint density at radius 2 is 2.31 bits per heavy atom. The Kier molecular flexibility index (Phi) is 3.47. The monoisotopic (exact) mass is 218 g/mol. The van der Waals surface area contributed by atoms with E-state index in [-0.39, 0.29) is 0 Å². The molecule has 1 aromatic rings. The van der Waals surface area contributed by atoms with E-state index in [1.165, 1.54) is 0 Å². The number of likely N-dealkylation sites (tertiary alicyclic amines) is 1. The highest BCUT2D eigenvalue weighted by atomic mass is 15.3. The first kappa shape index (κ1) is 11.0. The van der Waals surface area contributed by atoms with Crippen molar-refractivity contribution < 1.29 is 0 Å². The van der Waals surface area contributed by atoms with E-state index in [9.17, 15) is 0 Å². The summed E-state index contributed by atoms with van der Waals surface area (Å²) >= 11 is 0. The van der Waals surface area contributed by atoms with Crippen molar-refractivity contribution in [2.45, 2.75) is 18.9 Å². The molecular weight excluding hydrogens is 200 g/mol.